The quantitative estimate of drug-likeness (QED) is 0.134. The second-order valence-electron chi connectivity index (χ2n) is 6.64. The zero-order chi connectivity index (χ0) is 22.1. The van der Waals surface area contributed by atoms with Crippen molar-refractivity contribution in [1.29, 1.82) is 0 Å². The van der Waals surface area contributed by atoms with Crippen molar-refractivity contribution < 1.29 is 40.8 Å². The Hall–Kier alpha value is -2.81. The van der Waals surface area contributed by atoms with Crippen molar-refractivity contribution in [2.24, 2.45) is 0 Å². The molecular weight excluding hydrogens is 502 g/mol. The standard InChI is InChI=1S/C23H20O4P.CHO.Rh/c1-18(24)17-22(25)23(26)27-28(19-11-5-2-6-12-19,20-13-7-3-8-14-20)21-15-9-4-10-16-21;1-2;/h2-16,28H,1,17H2;1H;. The van der Waals surface area contributed by atoms with Crippen molar-refractivity contribution in [3.8, 4) is 0 Å². The Balaban J connectivity index is 2.06. The topological polar surface area (TPSA) is 77.5 Å². The molecule has 3 rings (SSSR count). The van der Waals surface area contributed by atoms with Gasteiger partial charge in [-0.25, -0.2) is 0 Å². The van der Waals surface area contributed by atoms with Gasteiger partial charge in [0.1, 0.15) is 0 Å². The van der Waals surface area contributed by atoms with Crippen molar-refractivity contribution in [2.45, 2.75) is 11.4 Å². The first-order valence-electron chi connectivity index (χ1n) is 9.48. The molecule has 0 bridgehead atoms. The van der Waals surface area contributed by atoms with E-state index in [-0.39, 0.29) is 5.02 Å². The molecule has 0 saturated heterocycles. The SMILES string of the molecule is O=[CH][Rh][CH2]C(=O)CC(=O)C(=O)O[PH](c1ccccc1)(c1ccccc1)c1ccccc1. The summed E-state index contributed by atoms with van der Waals surface area (Å²) in [6, 6.07) is 28.2. The maximum atomic E-state index is 12.9. The van der Waals surface area contributed by atoms with Gasteiger partial charge in [0.05, 0.1) is 0 Å². The van der Waals surface area contributed by atoms with E-state index >= 15 is 0 Å². The predicted octanol–water partition coefficient (Wildman–Crippen LogP) is 2.39. The summed E-state index contributed by atoms with van der Waals surface area (Å²) in [6.07, 6.45) is -0.556. The van der Waals surface area contributed by atoms with Crippen molar-refractivity contribution >= 4 is 45.8 Å². The Labute approximate surface area is 188 Å². The third kappa shape index (κ3) is 5.47. The molecule has 0 unspecified atom stereocenters. The number of Topliss-reactive ketones (excluding diaryl/α,β-unsaturated/α-hetero) is 2. The molecule has 0 aliphatic carbocycles. The van der Waals surface area contributed by atoms with Gasteiger partial charge in [-0.05, 0) is 0 Å². The van der Waals surface area contributed by atoms with Crippen LogP contribution in [-0.4, -0.2) is 22.4 Å². The van der Waals surface area contributed by atoms with Crippen LogP contribution in [0.1, 0.15) is 6.42 Å². The van der Waals surface area contributed by atoms with Gasteiger partial charge in [-0.15, -0.1) is 0 Å². The minimum absolute atomic E-state index is 0.00169. The first-order chi connectivity index (χ1) is 15.1. The molecule has 0 atom stereocenters. The van der Waals surface area contributed by atoms with Gasteiger partial charge in [0.2, 0.25) is 0 Å². The van der Waals surface area contributed by atoms with Gasteiger partial charge >= 0.3 is 189 Å². The Morgan fingerprint density at radius 1 is 0.742 bits per heavy atom. The number of ketones is 2. The molecule has 0 fully saturated rings. The minimum atomic E-state index is -3.36. The van der Waals surface area contributed by atoms with E-state index in [1.54, 1.807) is 0 Å². The summed E-state index contributed by atoms with van der Waals surface area (Å²) in [4.78, 5) is 48.6. The number of carbonyl (C=O) groups excluding carboxylic acids is 4. The Morgan fingerprint density at radius 2 is 1.16 bits per heavy atom. The molecule has 5 nitrogen and oxygen atoms in total. The van der Waals surface area contributed by atoms with Crippen LogP contribution in [0.2, 0.25) is 5.02 Å². The van der Waals surface area contributed by atoms with Crippen LogP contribution in [0.5, 0.6) is 0 Å². The monoisotopic (exact) mass is 523 g/mol. The fraction of sp³-hybridized carbons (Fsp3) is 0.0833. The van der Waals surface area contributed by atoms with Gasteiger partial charge in [-0.3, -0.25) is 0 Å². The molecule has 3 aromatic carbocycles. The van der Waals surface area contributed by atoms with Gasteiger partial charge in [0.15, 0.2) is 0 Å². The maximum absolute atomic E-state index is 12.9. The fourth-order valence-electron chi connectivity index (χ4n) is 3.29. The molecule has 31 heavy (non-hydrogen) atoms. The molecule has 0 spiro atoms. The summed E-state index contributed by atoms with van der Waals surface area (Å²) in [5.41, 5.74) is 0. The van der Waals surface area contributed by atoms with E-state index in [4.69, 9.17) is 4.52 Å². The molecule has 3 aromatic rings. The average Bonchev–Trinajstić information content (AvgIpc) is 2.82. The van der Waals surface area contributed by atoms with E-state index in [1.807, 2.05) is 91.0 Å². The van der Waals surface area contributed by atoms with Crippen molar-refractivity contribution in [2.75, 3.05) is 0 Å². The third-order valence-corrected chi connectivity index (χ3v) is 9.81. The second kappa shape index (κ2) is 11.0. The molecule has 161 valence electrons. The van der Waals surface area contributed by atoms with Crippen LogP contribution in [-0.2, 0) is 40.8 Å². The van der Waals surface area contributed by atoms with Crippen LogP contribution in [0.3, 0.4) is 0 Å². The van der Waals surface area contributed by atoms with Gasteiger partial charge < -0.3 is 0 Å². The Kier molecular flexibility index (Phi) is 8.11. The normalized spacial score (nSPS) is 11.5. The molecule has 0 aliphatic heterocycles. The Morgan fingerprint density at radius 3 is 1.55 bits per heavy atom. The Bertz CT molecular complexity index is 958. The number of hydrogen-bond acceptors (Lipinski definition) is 5. The first kappa shape index (κ1) is 22.9. The predicted molar refractivity (Wildman–Crippen MR) is 119 cm³/mol. The van der Waals surface area contributed by atoms with Crippen LogP contribution < -0.4 is 15.9 Å². The number of benzene rings is 3. The van der Waals surface area contributed by atoms with E-state index in [0.717, 1.165) is 15.9 Å². The van der Waals surface area contributed by atoms with E-state index in [0.29, 0.717) is 4.88 Å². The molecule has 0 heterocycles. The van der Waals surface area contributed by atoms with Crippen molar-refractivity contribution in [3.63, 3.8) is 0 Å². The fourth-order valence-corrected chi connectivity index (χ4v) is 7.73. The van der Waals surface area contributed by atoms with Crippen LogP contribution >= 0.6 is 7.49 Å². The zero-order valence-corrected chi connectivity index (χ0v) is 19.2. The molecule has 0 aromatic heterocycles. The third-order valence-electron chi connectivity index (χ3n) is 4.63. The second-order valence-corrected chi connectivity index (χ2v) is 11.6. The summed E-state index contributed by atoms with van der Waals surface area (Å²) in [5, 5.41) is 2.43. The summed E-state index contributed by atoms with van der Waals surface area (Å²) >= 11 is -0.581. The molecule has 0 aliphatic rings. The summed E-state index contributed by atoms with van der Waals surface area (Å²) in [5.74, 6) is -2.35. The number of carbonyl (C=O) groups is 4. The summed E-state index contributed by atoms with van der Waals surface area (Å²) < 4.78 is 6.10. The van der Waals surface area contributed by atoms with E-state index in [1.165, 1.54) is 0 Å². The van der Waals surface area contributed by atoms with E-state index in [2.05, 4.69) is 0 Å². The summed E-state index contributed by atoms with van der Waals surface area (Å²) in [6.45, 7) is 0. The average molecular weight is 523 g/mol. The van der Waals surface area contributed by atoms with E-state index in [9.17, 15) is 19.2 Å². The molecule has 0 saturated carbocycles. The molecule has 7 heteroatoms. The van der Waals surface area contributed by atoms with Gasteiger partial charge in [-0.1, -0.05) is 0 Å². The van der Waals surface area contributed by atoms with Crippen LogP contribution in [0.25, 0.3) is 0 Å². The van der Waals surface area contributed by atoms with Gasteiger partial charge in [-0.2, -0.15) is 0 Å². The van der Waals surface area contributed by atoms with Crippen LogP contribution in [0.15, 0.2) is 91.0 Å². The number of rotatable bonds is 10. The molecular formula is C24H21O5PRh. The summed E-state index contributed by atoms with van der Waals surface area (Å²) in [7, 11) is -3.36. The first-order valence-corrected chi connectivity index (χ1v) is 13.5. The molecule has 0 radical (unpaired) electrons. The van der Waals surface area contributed by atoms with Gasteiger partial charge in [0, 0.05) is 0 Å². The van der Waals surface area contributed by atoms with Crippen molar-refractivity contribution in [1.82, 2.24) is 0 Å². The molecule has 0 N–H and O–H groups in total. The van der Waals surface area contributed by atoms with E-state index < -0.39 is 48.6 Å². The molecule has 0 amide bonds. The van der Waals surface area contributed by atoms with Crippen LogP contribution in [0.4, 0.5) is 0 Å². The number of hydrogen-bond donors (Lipinski definition) is 0. The van der Waals surface area contributed by atoms with Crippen molar-refractivity contribution in [3.05, 3.63) is 91.0 Å². The van der Waals surface area contributed by atoms with Crippen LogP contribution in [0, 0.1) is 0 Å². The van der Waals surface area contributed by atoms with Gasteiger partial charge in [0.25, 0.3) is 0 Å². The zero-order valence-electron chi connectivity index (χ0n) is 16.5.